The fourth-order valence-electron chi connectivity index (χ4n) is 3.63. The molecule has 8 nitrogen and oxygen atoms in total. The Labute approximate surface area is 182 Å². The molecule has 164 valence electrons. The summed E-state index contributed by atoms with van der Waals surface area (Å²) in [4.78, 5) is 22.0. The predicted octanol–water partition coefficient (Wildman–Crippen LogP) is 3.25. The van der Waals surface area contributed by atoms with E-state index in [0.717, 1.165) is 0 Å². The number of hydrogen-bond acceptors (Lipinski definition) is 7. The highest BCUT2D eigenvalue weighted by atomic mass is 35.5. The molecule has 1 aliphatic heterocycles. The third kappa shape index (κ3) is 3.68. The SMILES string of the molecule is COc1cc(OC)c(Cl)c(-c2cc3cnc(N[C@@H]4COC[C@@H]4C)nc3n(C)c2=O)c1F. The molecule has 31 heavy (non-hydrogen) atoms. The second-order valence-electron chi connectivity index (χ2n) is 7.44. The van der Waals surface area contributed by atoms with E-state index in [2.05, 4.69) is 22.2 Å². The van der Waals surface area contributed by atoms with Gasteiger partial charge in [0.05, 0.1) is 44.1 Å². The van der Waals surface area contributed by atoms with E-state index in [1.165, 1.54) is 30.9 Å². The summed E-state index contributed by atoms with van der Waals surface area (Å²) >= 11 is 6.37. The average molecular weight is 449 g/mol. The van der Waals surface area contributed by atoms with Crippen molar-refractivity contribution in [2.45, 2.75) is 13.0 Å². The molecule has 0 aliphatic carbocycles. The summed E-state index contributed by atoms with van der Waals surface area (Å²) in [5.41, 5.74) is -0.105. The number of nitrogens with zero attached hydrogens (tertiary/aromatic N) is 3. The van der Waals surface area contributed by atoms with Gasteiger partial charge in [0, 0.05) is 36.2 Å². The molecule has 1 N–H and O–H groups in total. The molecule has 0 amide bonds. The van der Waals surface area contributed by atoms with Crippen molar-refractivity contribution in [3.05, 3.63) is 39.5 Å². The minimum absolute atomic E-state index is 0.0216. The molecule has 0 bridgehead atoms. The summed E-state index contributed by atoms with van der Waals surface area (Å²) in [6, 6.07) is 2.94. The summed E-state index contributed by atoms with van der Waals surface area (Å²) in [5.74, 6) is 0.0746. The molecule has 4 rings (SSSR count). The number of methoxy groups -OCH3 is 2. The zero-order chi connectivity index (χ0) is 22.3. The van der Waals surface area contributed by atoms with Crippen molar-refractivity contribution in [1.82, 2.24) is 14.5 Å². The fourth-order valence-corrected chi connectivity index (χ4v) is 3.94. The highest BCUT2D eigenvalue weighted by molar-refractivity contribution is 6.35. The Morgan fingerprint density at radius 1 is 1.26 bits per heavy atom. The minimum Gasteiger partial charge on any atom is -0.495 e. The monoisotopic (exact) mass is 448 g/mol. The lowest BCUT2D eigenvalue weighted by atomic mass is 10.0. The lowest BCUT2D eigenvalue weighted by molar-refractivity contribution is 0.187. The largest absolute Gasteiger partial charge is 0.495 e. The summed E-state index contributed by atoms with van der Waals surface area (Å²) in [5, 5.41) is 3.78. The van der Waals surface area contributed by atoms with Crippen LogP contribution in [0.2, 0.25) is 5.02 Å². The number of fused-ring (bicyclic) bond motifs is 1. The number of aromatic nitrogens is 3. The number of nitrogens with one attached hydrogen (secondary N) is 1. The van der Waals surface area contributed by atoms with E-state index in [-0.39, 0.29) is 33.7 Å². The van der Waals surface area contributed by atoms with Gasteiger partial charge in [0.25, 0.3) is 5.56 Å². The van der Waals surface area contributed by atoms with E-state index >= 15 is 4.39 Å². The first-order valence-corrected chi connectivity index (χ1v) is 10.0. The molecule has 0 saturated carbocycles. The van der Waals surface area contributed by atoms with Crippen LogP contribution in [-0.2, 0) is 11.8 Å². The lowest BCUT2D eigenvalue weighted by Gasteiger charge is -2.17. The molecule has 3 aromatic rings. The Morgan fingerprint density at radius 2 is 2.00 bits per heavy atom. The summed E-state index contributed by atoms with van der Waals surface area (Å²) in [7, 11) is 4.29. The zero-order valence-electron chi connectivity index (χ0n) is 17.5. The topological polar surface area (TPSA) is 87.5 Å². The van der Waals surface area contributed by atoms with E-state index in [0.29, 0.717) is 36.1 Å². The van der Waals surface area contributed by atoms with Gasteiger partial charge in [-0.15, -0.1) is 0 Å². The van der Waals surface area contributed by atoms with Gasteiger partial charge in [0.2, 0.25) is 5.95 Å². The van der Waals surface area contributed by atoms with Crippen LogP contribution in [0.3, 0.4) is 0 Å². The van der Waals surface area contributed by atoms with Gasteiger partial charge in [-0.3, -0.25) is 9.36 Å². The van der Waals surface area contributed by atoms with Crippen molar-refractivity contribution in [3.8, 4) is 22.6 Å². The molecular weight excluding hydrogens is 427 g/mol. The molecule has 0 unspecified atom stereocenters. The van der Waals surface area contributed by atoms with Crippen molar-refractivity contribution in [2.75, 3.05) is 32.8 Å². The van der Waals surface area contributed by atoms with Gasteiger partial charge in [-0.25, -0.2) is 9.37 Å². The molecule has 2 atom stereocenters. The van der Waals surface area contributed by atoms with Gasteiger partial charge < -0.3 is 19.5 Å². The molecule has 10 heteroatoms. The number of rotatable bonds is 5. The van der Waals surface area contributed by atoms with Crippen molar-refractivity contribution >= 4 is 28.6 Å². The molecule has 1 aliphatic rings. The lowest BCUT2D eigenvalue weighted by Crippen LogP contribution is -2.27. The Balaban J connectivity index is 1.85. The first kappa shape index (κ1) is 21.3. The van der Waals surface area contributed by atoms with Crippen molar-refractivity contribution in [1.29, 1.82) is 0 Å². The van der Waals surface area contributed by atoms with Gasteiger partial charge in [-0.1, -0.05) is 18.5 Å². The normalized spacial score (nSPS) is 18.4. The van der Waals surface area contributed by atoms with E-state index in [1.54, 1.807) is 13.2 Å². The number of ether oxygens (including phenoxy) is 3. The highest BCUT2D eigenvalue weighted by Crippen LogP contribution is 2.41. The molecule has 3 heterocycles. The number of hydrogen-bond donors (Lipinski definition) is 1. The highest BCUT2D eigenvalue weighted by Gasteiger charge is 2.26. The average Bonchev–Trinajstić information content (AvgIpc) is 3.16. The number of aryl methyl sites for hydroxylation is 1. The second-order valence-corrected chi connectivity index (χ2v) is 7.82. The Morgan fingerprint density at radius 3 is 2.65 bits per heavy atom. The Hall–Kier alpha value is -2.91. The summed E-state index contributed by atoms with van der Waals surface area (Å²) in [6.07, 6.45) is 1.58. The van der Waals surface area contributed by atoms with Crippen LogP contribution >= 0.6 is 11.6 Å². The quantitative estimate of drug-likeness (QED) is 0.641. The summed E-state index contributed by atoms with van der Waals surface area (Å²) < 4.78 is 32.2. The van der Waals surface area contributed by atoms with E-state index in [9.17, 15) is 4.79 Å². The second kappa shape index (κ2) is 8.32. The number of anilines is 1. The van der Waals surface area contributed by atoms with E-state index in [1.807, 2.05) is 0 Å². The number of halogens is 2. The predicted molar refractivity (Wildman–Crippen MR) is 116 cm³/mol. The zero-order valence-corrected chi connectivity index (χ0v) is 18.3. The molecule has 1 saturated heterocycles. The van der Waals surface area contributed by atoms with Gasteiger partial charge in [0.1, 0.15) is 11.4 Å². The van der Waals surface area contributed by atoms with E-state index in [4.69, 9.17) is 25.8 Å². The van der Waals surface area contributed by atoms with Crippen LogP contribution < -0.4 is 20.3 Å². The van der Waals surface area contributed by atoms with Gasteiger partial charge in [-0.2, -0.15) is 4.98 Å². The van der Waals surface area contributed by atoms with Crippen LogP contribution in [0.15, 0.2) is 23.1 Å². The third-order valence-corrected chi connectivity index (χ3v) is 5.85. The van der Waals surface area contributed by atoms with E-state index < -0.39 is 11.4 Å². The van der Waals surface area contributed by atoms with Crippen LogP contribution in [0, 0.1) is 11.7 Å². The maximum Gasteiger partial charge on any atom is 0.259 e. The van der Waals surface area contributed by atoms with Crippen LogP contribution in [-0.4, -0.2) is 48.0 Å². The van der Waals surface area contributed by atoms with Crippen LogP contribution in [0.1, 0.15) is 6.92 Å². The molecular formula is C21H22ClFN4O4. The molecule has 0 spiro atoms. The summed E-state index contributed by atoms with van der Waals surface area (Å²) in [6.45, 7) is 3.31. The van der Waals surface area contributed by atoms with Crippen molar-refractivity contribution in [3.63, 3.8) is 0 Å². The molecule has 1 aromatic carbocycles. The Kier molecular flexibility index (Phi) is 5.72. The van der Waals surface area contributed by atoms with Crippen molar-refractivity contribution in [2.24, 2.45) is 13.0 Å². The molecule has 0 radical (unpaired) electrons. The molecule has 2 aromatic heterocycles. The third-order valence-electron chi connectivity index (χ3n) is 5.47. The minimum atomic E-state index is -0.751. The first-order valence-electron chi connectivity index (χ1n) is 9.67. The van der Waals surface area contributed by atoms with Gasteiger partial charge >= 0.3 is 0 Å². The maximum atomic E-state index is 15.1. The maximum absolute atomic E-state index is 15.1. The van der Waals surface area contributed by atoms with Gasteiger partial charge in [-0.05, 0) is 6.07 Å². The smallest absolute Gasteiger partial charge is 0.259 e. The standard InChI is InChI=1S/C21H22ClFN4O4/c1-10-8-31-9-13(10)25-21-24-7-11-5-12(20(28)27(2)19(11)26-21)16-17(22)14(29-3)6-15(30-4)18(16)23/h5-7,10,13H,8-9H2,1-4H3,(H,24,25,26)/t10-,13+/m0/s1. The molecule has 1 fully saturated rings. The van der Waals surface area contributed by atoms with Crippen LogP contribution in [0.4, 0.5) is 10.3 Å². The Bertz CT molecular complexity index is 1190. The van der Waals surface area contributed by atoms with Crippen molar-refractivity contribution < 1.29 is 18.6 Å². The van der Waals surface area contributed by atoms with Gasteiger partial charge in [0.15, 0.2) is 11.6 Å². The van der Waals surface area contributed by atoms with Crippen LogP contribution in [0.25, 0.3) is 22.2 Å². The fraction of sp³-hybridized carbons (Fsp3) is 0.381. The number of pyridine rings is 1. The van der Waals surface area contributed by atoms with Crippen LogP contribution in [0.5, 0.6) is 11.5 Å². The first-order chi connectivity index (χ1) is 14.8. The number of benzene rings is 1.